The minimum Gasteiger partial charge on any atom is -0.493 e. The van der Waals surface area contributed by atoms with Crippen LogP contribution in [0.1, 0.15) is 24.2 Å². The van der Waals surface area contributed by atoms with Gasteiger partial charge in [-0.1, -0.05) is 23.2 Å². The van der Waals surface area contributed by atoms with Crippen molar-refractivity contribution >= 4 is 40.8 Å². The van der Waals surface area contributed by atoms with Crippen LogP contribution in [-0.4, -0.2) is 31.7 Å². The third-order valence-corrected chi connectivity index (χ3v) is 4.09. The van der Waals surface area contributed by atoms with E-state index in [-0.39, 0.29) is 10.6 Å². The number of ether oxygens (including phenoxy) is 3. The molecule has 0 saturated carbocycles. The number of amides is 1. The maximum absolute atomic E-state index is 12.3. The normalized spacial score (nSPS) is 11.4. The Hall–Kier alpha value is -2.44. The van der Waals surface area contributed by atoms with Crippen LogP contribution in [0.3, 0.4) is 0 Å². The summed E-state index contributed by atoms with van der Waals surface area (Å²) >= 11 is 11.8. The lowest BCUT2D eigenvalue weighted by molar-refractivity contribution is -0.123. The molecule has 0 unspecified atom stereocenters. The summed E-state index contributed by atoms with van der Waals surface area (Å²) in [5.41, 5.74) is 0.612. The number of esters is 1. The summed E-state index contributed by atoms with van der Waals surface area (Å²) in [6.07, 6.45) is -1.04. The van der Waals surface area contributed by atoms with E-state index in [9.17, 15) is 9.59 Å². The van der Waals surface area contributed by atoms with Crippen LogP contribution in [0, 0.1) is 0 Å². The number of methoxy groups -OCH3 is 1. The van der Waals surface area contributed by atoms with Crippen molar-refractivity contribution in [2.75, 3.05) is 19.0 Å². The van der Waals surface area contributed by atoms with Crippen molar-refractivity contribution in [2.24, 2.45) is 0 Å². The van der Waals surface area contributed by atoms with Gasteiger partial charge in [0.15, 0.2) is 17.6 Å². The molecule has 1 amide bonds. The lowest BCUT2D eigenvalue weighted by Gasteiger charge is -2.15. The fourth-order valence-electron chi connectivity index (χ4n) is 2.18. The number of anilines is 1. The number of halogens is 2. The van der Waals surface area contributed by atoms with E-state index >= 15 is 0 Å². The zero-order valence-corrected chi connectivity index (χ0v) is 16.6. The number of carbonyl (C=O) groups is 2. The van der Waals surface area contributed by atoms with Gasteiger partial charge in [0.1, 0.15) is 0 Å². The molecule has 0 aliphatic carbocycles. The Bertz CT molecular complexity index is 841. The van der Waals surface area contributed by atoms with Gasteiger partial charge in [0.25, 0.3) is 5.91 Å². The average molecular weight is 412 g/mol. The van der Waals surface area contributed by atoms with Crippen molar-refractivity contribution in [1.29, 1.82) is 0 Å². The van der Waals surface area contributed by atoms with Crippen molar-refractivity contribution in [3.63, 3.8) is 0 Å². The summed E-state index contributed by atoms with van der Waals surface area (Å²) in [5.74, 6) is -0.273. The summed E-state index contributed by atoms with van der Waals surface area (Å²) in [4.78, 5) is 24.6. The second-order valence-electron chi connectivity index (χ2n) is 5.46. The monoisotopic (exact) mass is 411 g/mol. The predicted octanol–water partition coefficient (Wildman–Crippen LogP) is 4.58. The first-order valence-corrected chi connectivity index (χ1v) is 8.89. The van der Waals surface area contributed by atoms with Gasteiger partial charge < -0.3 is 19.5 Å². The van der Waals surface area contributed by atoms with Gasteiger partial charge in [-0.05, 0) is 50.2 Å². The molecule has 2 aromatic rings. The molecule has 1 atom stereocenters. The van der Waals surface area contributed by atoms with E-state index in [1.165, 1.54) is 32.2 Å². The first-order valence-electron chi connectivity index (χ1n) is 8.13. The second-order valence-corrected chi connectivity index (χ2v) is 6.30. The first-order chi connectivity index (χ1) is 12.8. The van der Waals surface area contributed by atoms with E-state index < -0.39 is 18.0 Å². The number of benzene rings is 2. The number of carbonyl (C=O) groups excluding carboxylic acids is 2. The van der Waals surface area contributed by atoms with Crippen molar-refractivity contribution in [3.8, 4) is 11.5 Å². The first kappa shape index (κ1) is 20.9. The fraction of sp³-hybridized carbons (Fsp3) is 0.263. The quantitative estimate of drug-likeness (QED) is 0.674. The molecule has 8 heteroatoms. The third-order valence-electron chi connectivity index (χ3n) is 3.54. The fourth-order valence-corrected chi connectivity index (χ4v) is 2.64. The van der Waals surface area contributed by atoms with Gasteiger partial charge in [-0.3, -0.25) is 4.79 Å². The molecule has 144 valence electrons. The van der Waals surface area contributed by atoms with Crippen LogP contribution in [0.15, 0.2) is 36.4 Å². The minimum absolute atomic E-state index is 0.239. The highest BCUT2D eigenvalue weighted by Gasteiger charge is 2.21. The van der Waals surface area contributed by atoms with Crippen LogP contribution < -0.4 is 14.8 Å². The molecule has 27 heavy (non-hydrogen) atoms. The van der Waals surface area contributed by atoms with Gasteiger partial charge in [-0.2, -0.15) is 0 Å². The lowest BCUT2D eigenvalue weighted by atomic mass is 10.2. The van der Waals surface area contributed by atoms with Crippen molar-refractivity contribution in [1.82, 2.24) is 0 Å². The lowest BCUT2D eigenvalue weighted by Crippen LogP contribution is -2.30. The van der Waals surface area contributed by atoms with Gasteiger partial charge in [0, 0.05) is 5.02 Å². The van der Waals surface area contributed by atoms with Crippen LogP contribution in [0.25, 0.3) is 0 Å². The van der Waals surface area contributed by atoms with E-state index in [0.717, 1.165) is 0 Å². The molecule has 0 fully saturated rings. The summed E-state index contributed by atoms with van der Waals surface area (Å²) in [6.45, 7) is 3.69. The van der Waals surface area contributed by atoms with Crippen molar-refractivity contribution < 1.29 is 23.8 Å². The Balaban J connectivity index is 2.06. The molecular weight excluding hydrogens is 393 g/mol. The zero-order chi connectivity index (χ0) is 20.0. The highest BCUT2D eigenvalue weighted by molar-refractivity contribution is 6.36. The zero-order valence-electron chi connectivity index (χ0n) is 15.0. The van der Waals surface area contributed by atoms with Crippen LogP contribution in [0.2, 0.25) is 10.0 Å². The largest absolute Gasteiger partial charge is 0.493 e. The van der Waals surface area contributed by atoms with E-state index in [0.29, 0.717) is 28.8 Å². The molecule has 0 spiro atoms. The van der Waals surface area contributed by atoms with Gasteiger partial charge in [0.05, 0.1) is 30.0 Å². The number of hydrogen-bond donors (Lipinski definition) is 1. The smallest absolute Gasteiger partial charge is 0.339 e. The van der Waals surface area contributed by atoms with E-state index in [1.54, 1.807) is 18.2 Å². The maximum Gasteiger partial charge on any atom is 0.339 e. The molecule has 0 heterocycles. The summed E-state index contributed by atoms with van der Waals surface area (Å²) in [7, 11) is 1.50. The topological polar surface area (TPSA) is 73.9 Å². The standard InChI is InChI=1S/C19H19Cl2NO5/c1-4-26-17-9-12(5-8-16(17)25-3)19(24)27-11(2)18(23)22-15-7-6-13(20)10-14(15)21/h5-11H,4H2,1-3H3,(H,22,23)/t11-/m1/s1. The molecule has 2 aromatic carbocycles. The van der Waals surface area contributed by atoms with Crippen molar-refractivity contribution in [2.45, 2.75) is 20.0 Å². The molecule has 2 rings (SSSR count). The molecule has 1 N–H and O–H groups in total. The van der Waals surface area contributed by atoms with Gasteiger partial charge in [-0.25, -0.2) is 4.79 Å². The number of hydrogen-bond acceptors (Lipinski definition) is 5. The molecule has 0 aromatic heterocycles. The Kier molecular flexibility index (Phi) is 7.33. The van der Waals surface area contributed by atoms with Gasteiger partial charge >= 0.3 is 5.97 Å². The molecule has 0 aliphatic rings. The highest BCUT2D eigenvalue weighted by atomic mass is 35.5. The second kappa shape index (κ2) is 9.48. The molecule has 0 saturated heterocycles. The summed E-state index contributed by atoms with van der Waals surface area (Å²) < 4.78 is 15.8. The molecule has 6 nitrogen and oxygen atoms in total. The Morgan fingerprint density at radius 2 is 1.85 bits per heavy atom. The number of nitrogens with one attached hydrogen (secondary N) is 1. The molecule has 0 radical (unpaired) electrons. The maximum atomic E-state index is 12.3. The molecule has 0 bridgehead atoms. The summed E-state index contributed by atoms with van der Waals surface area (Å²) in [5, 5.41) is 3.32. The minimum atomic E-state index is -1.04. The SMILES string of the molecule is CCOc1cc(C(=O)O[C@H](C)C(=O)Nc2ccc(Cl)cc2Cl)ccc1OC. The average Bonchev–Trinajstić information content (AvgIpc) is 2.64. The number of rotatable bonds is 7. The highest BCUT2D eigenvalue weighted by Crippen LogP contribution is 2.29. The predicted molar refractivity (Wildman–Crippen MR) is 104 cm³/mol. The van der Waals surface area contributed by atoms with Crippen molar-refractivity contribution in [3.05, 3.63) is 52.0 Å². The van der Waals surface area contributed by atoms with E-state index in [2.05, 4.69) is 5.32 Å². The van der Waals surface area contributed by atoms with Gasteiger partial charge in [-0.15, -0.1) is 0 Å². The van der Waals surface area contributed by atoms with Crippen LogP contribution in [0.4, 0.5) is 5.69 Å². The molecular formula is C19H19Cl2NO5. The van der Waals surface area contributed by atoms with Crippen LogP contribution in [-0.2, 0) is 9.53 Å². The van der Waals surface area contributed by atoms with E-state index in [4.69, 9.17) is 37.4 Å². The Morgan fingerprint density at radius 3 is 2.48 bits per heavy atom. The van der Waals surface area contributed by atoms with Gasteiger partial charge in [0.2, 0.25) is 0 Å². The summed E-state index contributed by atoms with van der Waals surface area (Å²) in [6, 6.07) is 9.29. The van der Waals surface area contributed by atoms with Crippen LogP contribution >= 0.6 is 23.2 Å². The third kappa shape index (κ3) is 5.52. The Labute approximate surface area is 167 Å². The van der Waals surface area contributed by atoms with Crippen LogP contribution in [0.5, 0.6) is 11.5 Å². The van der Waals surface area contributed by atoms with E-state index in [1.807, 2.05) is 6.92 Å². The Morgan fingerprint density at radius 1 is 1.11 bits per heavy atom. The molecule has 0 aliphatic heterocycles.